The third-order valence-electron chi connectivity index (χ3n) is 1.38. The summed E-state index contributed by atoms with van der Waals surface area (Å²) in [4.78, 5) is 11.3. The Labute approximate surface area is 146 Å². The Bertz CT molecular complexity index is 358. The molecule has 0 spiro atoms. The Hall–Kier alpha value is 0.726. The second kappa shape index (κ2) is 7.91. The molecule has 7 heteroatoms. The summed E-state index contributed by atoms with van der Waals surface area (Å²) in [7, 11) is 0. The molecule has 0 heterocycles. The van der Waals surface area contributed by atoms with E-state index in [0.29, 0.717) is 10.6 Å². The molecule has 15 heavy (non-hydrogen) atoms. The van der Waals surface area contributed by atoms with Gasteiger partial charge in [0, 0.05) is 10.6 Å². The summed E-state index contributed by atoms with van der Waals surface area (Å²) in [6.45, 7) is 0. The van der Waals surface area contributed by atoms with Gasteiger partial charge in [0.25, 0.3) is 5.91 Å². The van der Waals surface area contributed by atoms with E-state index in [1.165, 1.54) is 0 Å². The van der Waals surface area contributed by atoms with Crippen LogP contribution in [0.2, 0.25) is 5.02 Å². The van der Waals surface area contributed by atoms with Gasteiger partial charge in [-0.05, 0) is 28.6 Å². The first-order chi connectivity index (χ1) is 6.59. The summed E-state index contributed by atoms with van der Waals surface area (Å²) in [5.74, 6) is -0.311. The maximum absolute atomic E-state index is 11.3. The second-order valence-corrected chi connectivity index (χ2v) is 3.88. The van der Waals surface area contributed by atoms with Crippen LogP contribution in [-0.4, -0.2) is 10.2 Å². The Balaban J connectivity index is 0.00000196. The molecule has 0 atom stereocenters. The number of hydrogen-bond donors (Lipinski definition) is 2. The van der Waals surface area contributed by atoms with Gasteiger partial charge < -0.3 is 30.3 Å². The van der Waals surface area contributed by atoms with E-state index in [1.54, 1.807) is 24.3 Å². The molecule has 0 bridgehead atoms. The summed E-state index contributed by atoms with van der Waals surface area (Å²) in [5, 5.41) is 0.577. The zero-order valence-corrected chi connectivity index (χ0v) is 13.4. The van der Waals surface area contributed by atoms with Gasteiger partial charge in [0.2, 0.25) is 0 Å². The van der Waals surface area contributed by atoms with Crippen LogP contribution in [0.15, 0.2) is 24.3 Å². The quantitative estimate of drug-likeness (QED) is 0.282. The molecule has 0 saturated heterocycles. The summed E-state index contributed by atoms with van der Waals surface area (Å²) in [6.07, 6.45) is 0. The monoisotopic (exact) mass is 284 g/mol. The van der Waals surface area contributed by atoms with Gasteiger partial charge in [-0.15, -0.1) is 0 Å². The van der Waals surface area contributed by atoms with Crippen molar-refractivity contribution in [3.05, 3.63) is 34.9 Å². The molecule has 0 fully saturated rings. The largest absolute Gasteiger partial charge is 1.00 e. The average molecular weight is 285 g/mol. The Kier molecular flexibility index (Phi) is 8.30. The second-order valence-electron chi connectivity index (χ2n) is 2.37. The number of nitrogens with one attached hydrogen (secondary N) is 2. The Morgan fingerprint density at radius 1 is 1.27 bits per heavy atom. The van der Waals surface area contributed by atoms with Crippen LogP contribution < -0.4 is 62.2 Å². The number of rotatable bonds is 1. The van der Waals surface area contributed by atoms with Crippen molar-refractivity contribution < 1.29 is 56.2 Å². The van der Waals surface area contributed by atoms with Crippen molar-refractivity contribution in [1.29, 1.82) is 0 Å². The number of hydrogen-bond acceptors (Lipinski definition) is 3. The van der Waals surface area contributed by atoms with E-state index in [1.807, 2.05) is 0 Å². The number of carbonyl (C=O) groups excluding carboxylic acids is 1. The average Bonchev–Trinajstić information content (AvgIpc) is 2.15. The fourth-order valence-corrected chi connectivity index (χ4v) is 1.01. The molecule has 0 unspecified atom stereocenters. The molecule has 0 aliphatic heterocycles. The van der Waals surface area contributed by atoms with Crippen LogP contribution in [0.25, 0.3) is 0 Å². The standard InChI is InChI=1S/C8H7ClN2OS2.K/c9-6-3-1-5(2-4-6)7(12)10-11-8(13)14;/h1-4H,(H,10,12)(H2,11,13,14);/q;+1/p-1. The molecule has 0 aromatic heterocycles. The van der Waals surface area contributed by atoms with Crippen LogP contribution in [0.1, 0.15) is 10.4 Å². The number of hydrazine groups is 1. The summed E-state index contributed by atoms with van der Waals surface area (Å²) in [6, 6.07) is 6.46. The summed E-state index contributed by atoms with van der Waals surface area (Å²) >= 11 is 14.8. The topological polar surface area (TPSA) is 41.1 Å². The fourth-order valence-electron chi connectivity index (χ4n) is 0.781. The molecule has 2 N–H and O–H groups in total. The minimum atomic E-state index is -0.311. The summed E-state index contributed by atoms with van der Waals surface area (Å²) < 4.78 is 0.0901. The van der Waals surface area contributed by atoms with Crippen LogP contribution in [0.3, 0.4) is 0 Å². The van der Waals surface area contributed by atoms with Gasteiger partial charge in [0.1, 0.15) is 0 Å². The first-order valence-corrected chi connectivity index (χ1v) is 4.82. The van der Waals surface area contributed by atoms with Crippen molar-refractivity contribution >= 4 is 46.7 Å². The minimum Gasteiger partial charge on any atom is -0.410 e. The third-order valence-corrected chi connectivity index (χ3v) is 1.84. The van der Waals surface area contributed by atoms with Gasteiger partial charge in [-0.3, -0.25) is 10.2 Å². The molecule has 0 radical (unpaired) electrons. The third kappa shape index (κ3) is 6.13. The first kappa shape index (κ1) is 15.7. The Morgan fingerprint density at radius 2 is 1.80 bits per heavy atom. The molecule has 3 nitrogen and oxygen atoms in total. The zero-order chi connectivity index (χ0) is 10.6. The van der Waals surface area contributed by atoms with Gasteiger partial charge >= 0.3 is 51.4 Å². The van der Waals surface area contributed by atoms with Crippen molar-refractivity contribution in [1.82, 2.24) is 10.9 Å². The van der Waals surface area contributed by atoms with Gasteiger partial charge in [-0.2, -0.15) is 0 Å². The van der Waals surface area contributed by atoms with Crippen LogP contribution >= 0.6 is 23.8 Å². The first-order valence-electron chi connectivity index (χ1n) is 3.62. The van der Waals surface area contributed by atoms with E-state index in [2.05, 4.69) is 35.7 Å². The number of carbonyl (C=O) groups is 1. The molecule has 1 amide bonds. The van der Waals surface area contributed by atoms with Gasteiger partial charge in [0.15, 0.2) is 0 Å². The van der Waals surface area contributed by atoms with E-state index < -0.39 is 0 Å². The number of benzene rings is 1. The molecule has 74 valence electrons. The number of amides is 1. The molecular weight excluding hydrogens is 279 g/mol. The van der Waals surface area contributed by atoms with Crippen molar-refractivity contribution in [3.63, 3.8) is 0 Å². The fraction of sp³-hybridized carbons (Fsp3) is 0. The molecule has 1 aromatic carbocycles. The number of halogens is 1. The van der Waals surface area contributed by atoms with Gasteiger partial charge in [-0.1, -0.05) is 11.6 Å². The van der Waals surface area contributed by atoms with Gasteiger partial charge in [-0.25, -0.2) is 0 Å². The van der Waals surface area contributed by atoms with E-state index >= 15 is 0 Å². The molecule has 1 rings (SSSR count). The molecule has 0 aliphatic carbocycles. The van der Waals surface area contributed by atoms with Crippen LogP contribution in [0.5, 0.6) is 0 Å². The molecular formula is C8H6ClKN2OS2. The molecule has 0 aliphatic rings. The van der Waals surface area contributed by atoms with E-state index in [-0.39, 0.29) is 61.6 Å². The van der Waals surface area contributed by atoms with Gasteiger partial charge in [0.05, 0.1) is 0 Å². The zero-order valence-electron chi connectivity index (χ0n) is 7.91. The predicted molar refractivity (Wildman–Crippen MR) is 62.0 cm³/mol. The molecule has 1 aromatic rings. The van der Waals surface area contributed by atoms with Crippen molar-refractivity contribution in [2.75, 3.05) is 0 Å². The predicted octanol–water partition coefficient (Wildman–Crippen LogP) is -1.59. The van der Waals surface area contributed by atoms with Crippen molar-refractivity contribution in [3.8, 4) is 0 Å². The van der Waals surface area contributed by atoms with E-state index in [9.17, 15) is 4.79 Å². The van der Waals surface area contributed by atoms with Crippen molar-refractivity contribution in [2.24, 2.45) is 0 Å². The van der Waals surface area contributed by atoms with Crippen LogP contribution in [0.4, 0.5) is 0 Å². The SMILES string of the molecule is O=C(NNC(=S)[S-])c1ccc(Cl)cc1.[K+]. The summed E-state index contributed by atoms with van der Waals surface area (Å²) in [5.41, 5.74) is 5.19. The Morgan fingerprint density at radius 3 is 2.27 bits per heavy atom. The van der Waals surface area contributed by atoms with Crippen LogP contribution in [0, 0.1) is 0 Å². The van der Waals surface area contributed by atoms with E-state index in [0.717, 1.165) is 0 Å². The minimum absolute atomic E-state index is 0. The maximum Gasteiger partial charge on any atom is 1.00 e. The normalized spacial score (nSPS) is 8.60. The van der Waals surface area contributed by atoms with E-state index in [4.69, 9.17) is 11.6 Å². The molecule has 0 saturated carbocycles. The number of thiocarbonyl (C=S) groups is 1. The van der Waals surface area contributed by atoms with Crippen molar-refractivity contribution in [2.45, 2.75) is 0 Å². The maximum atomic E-state index is 11.3. The smallest absolute Gasteiger partial charge is 0.410 e. The van der Waals surface area contributed by atoms with Crippen LogP contribution in [-0.2, 0) is 12.6 Å².